The van der Waals surface area contributed by atoms with Crippen LogP contribution in [0.4, 0.5) is 0 Å². The van der Waals surface area contributed by atoms with Gasteiger partial charge < -0.3 is 10.3 Å². The summed E-state index contributed by atoms with van der Waals surface area (Å²) in [4.78, 5) is 13.3. The van der Waals surface area contributed by atoms with Crippen LogP contribution in [-0.2, 0) is 6.54 Å². The molecule has 3 aromatic rings. The minimum absolute atomic E-state index is 0.0418. The van der Waals surface area contributed by atoms with Gasteiger partial charge in [-0.25, -0.2) is 9.97 Å². The molecular formula is C13H15N5S. The molecule has 1 unspecified atom stereocenters. The molecule has 0 aliphatic heterocycles. The number of hydrogen-bond donors (Lipinski definition) is 1. The first-order valence-electron chi connectivity index (χ1n) is 6.22. The van der Waals surface area contributed by atoms with E-state index in [2.05, 4.69) is 26.4 Å². The van der Waals surface area contributed by atoms with Crippen molar-refractivity contribution in [2.75, 3.05) is 0 Å². The van der Waals surface area contributed by atoms with Gasteiger partial charge in [0, 0.05) is 18.1 Å². The molecule has 0 fully saturated rings. The fourth-order valence-electron chi connectivity index (χ4n) is 2.10. The van der Waals surface area contributed by atoms with Gasteiger partial charge >= 0.3 is 0 Å². The summed E-state index contributed by atoms with van der Waals surface area (Å²) in [5, 5.41) is 2.95. The molecule has 1 atom stereocenters. The van der Waals surface area contributed by atoms with Crippen LogP contribution >= 0.6 is 11.3 Å². The Balaban J connectivity index is 2.18. The van der Waals surface area contributed by atoms with Crippen molar-refractivity contribution in [3.05, 3.63) is 28.8 Å². The average Bonchev–Trinajstić information content (AvgIpc) is 3.02. The van der Waals surface area contributed by atoms with Crippen LogP contribution in [0.5, 0.6) is 0 Å². The first-order valence-corrected chi connectivity index (χ1v) is 7.10. The second-order valence-corrected chi connectivity index (χ2v) is 5.29. The zero-order valence-corrected chi connectivity index (χ0v) is 11.7. The number of aryl methyl sites for hydroxylation is 1. The van der Waals surface area contributed by atoms with Gasteiger partial charge in [0.15, 0.2) is 5.82 Å². The quantitative estimate of drug-likeness (QED) is 0.796. The summed E-state index contributed by atoms with van der Waals surface area (Å²) in [6.07, 6.45) is 3.57. The molecule has 3 aromatic heterocycles. The number of pyridine rings is 1. The third-order valence-corrected chi connectivity index (χ3v) is 4.05. The maximum absolute atomic E-state index is 5.86. The van der Waals surface area contributed by atoms with Crippen molar-refractivity contribution >= 4 is 22.4 Å². The molecule has 98 valence electrons. The number of fused-ring (bicyclic) bond motifs is 1. The van der Waals surface area contributed by atoms with E-state index < -0.39 is 0 Å². The smallest absolute Gasteiger partial charge is 0.160 e. The van der Waals surface area contributed by atoms with Crippen molar-refractivity contribution < 1.29 is 0 Å². The van der Waals surface area contributed by atoms with E-state index in [-0.39, 0.29) is 6.04 Å². The molecule has 6 heteroatoms. The van der Waals surface area contributed by atoms with Crippen molar-refractivity contribution in [2.24, 2.45) is 5.73 Å². The lowest BCUT2D eigenvalue weighted by atomic mass is 10.4. The second kappa shape index (κ2) is 4.71. The van der Waals surface area contributed by atoms with E-state index in [1.54, 1.807) is 23.7 Å². The van der Waals surface area contributed by atoms with Crippen molar-refractivity contribution in [3.63, 3.8) is 0 Å². The van der Waals surface area contributed by atoms with E-state index in [4.69, 9.17) is 5.73 Å². The zero-order valence-electron chi connectivity index (χ0n) is 10.9. The molecular weight excluding hydrogens is 258 g/mol. The van der Waals surface area contributed by atoms with Crippen LogP contribution in [0.25, 0.3) is 22.6 Å². The Morgan fingerprint density at radius 3 is 2.95 bits per heavy atom. The number of imidazole rings is 1. The Morgan fingerprint density at radius 2 is 2.26 bits per heavy atom. The lowest BCUT2D eigenvalue weighted by Crippen LogP contribution is -2.04. The predicted octanol–water partition coefficient (Wildman–Crippen LogP) is 2.59. The Labute approximate surface area is 115 Å². The fraction of sp³-hybridized carbons (Fsp3) is 0.308. The Morgan fingerprint density at radius 1 is 1.42 bits per heavy atom. The first kappa shape index (κ1) is 12.3. The van der Waals surface area contributed by atoms with Crippen LogP contribution in [0.1, 0.15) is 24.9 Å². The van der Waals surface area contributed by atoms with Gasteiger partial charge in [-0.15, -0.1) is 11.3 Å². The zero-order chi connectivity index (χ0) is 13.4. The van der Waals surface area contributed by atoms with Crippen LogP contribution < -0.4 is 5.73 Å². The van der Waals surface area contributed by atoms with Gasteiger partial charge in [-0.05, 0) is 19.9 Å². The largest absolute Gasteiger partial charge is 0.323 e. The van der Waals surface area contributed by atoms with Crippen molar-refractivity contribution in [1.29, 1.82) is 0 Å². The Hall–Kier alpha value is -1.79. The first-order chi connectivity index (χ1) is 9.20. The van der Waals surface area contributed by atoms with Crippen molar-refractivity contribution in [2.45, 2.75) is 26.4 Å². The van der Waals surface area contributed by atoms with Crippen LogP contribution in [0, 0.1) is 0 Å². The molecule has 5 nitrogen and oxygen atoms in total. The lowest BCUT2D eigenvalue weighted by molar-refractivity contribution is 0.785. The van der Waals surface area contributed by atoms with Gasteiger partial charge in [0.1, 0.15) is 16.2 Å². The Kier molecular flexibility index (Phi) is 3.04. The molecule has 0 saturated carbocycles. The summed E-state index contributed by atoms with van der Waals surface area (Å²) in [7, 11) is 0. The van der Waals surface area contributed by atoms with E-state index in [0.29, 0.717) is 0 Å². The van der Waals surface area contributed by atoms with Crippen molar-refractivity contribution in [3.8, 4) is 11.5 Å². The van der Waals surface area contributed by atoms with Gasteiger partial charge in [0.25, 0.3) is 0 Å². The third kappa shape index (κ3) is 2.02. The molecule has 0 bridgehead atoms. The second-order valence-electron chi connectivity index (χ2n) is 4.40. The molecule has 3 heterocycles. The number of nitrogens with two attached hydrogens (primary N) is 1. The summed E-state index contributed by atoms with van der Waals surface area (Å²) >= 11 is 1.58. The van der Waals surface area contributed by atoms with E-state index >= 15 is 0 Å². The highest BCUT2D eigenvalue weighted by Gasteiger charge is 2.15. The number of hydrogen-bond acceptors (Lipinski definition) is 5. The molecule has 0 spiro atoms. The minimum atomic E-state index is -0.0418. The van der Waals surface area contributed by atoms with E-state index in [1.807, 2.05) is 18.4 Å². The molecule has 3 rings (SSSR count). The standard InChI is InChI=1S/C13H15N5S/c1-3-18-11-4-5-15-6-9(11)16-12(18)10-7-19-13(17-10)8(2)14/h4-8H,3,14H2,1-2H3. The van der Waals surface area contributed by atoms with Crippen molar-refractivity contribution in [1.82, 2.24) is 19.5 Å². The highest BCUT2D eigenvalue weighted by molar-refractivity contribution is 7.10. The van der Waals surface area contributed by atoms with Crippen LogP contribution in [-0.4, -0.2) is 19.5 Å². The molecule has 0 aromatic carbocycles. The predicted molar refractivity (Wildman–Crippen MR) is 76.9 cm³/mol. The highest BCUT2D eigenvalue weighted by Crippen LogP contribution is 2.27. The number of rotatable bonds is 3. The summed E-state index contributed by atoms with van der Waals surface area (Å²) in [6.45, 7) is 4.89. The molecule has 0 aliphatic carbocycles. The lowest BCUT2D eigenvalue weighted by Gasteiger charge is -2.03. The number of nitrogens with zero attached hydrogens (tertiary/aromatic N) is 4. The SMILES string of the molecule is CCn1c(-c2csc(C(C)N)n2)nc2cnccc21. The summed E-state index contributed by atoms with van der Waals surface area (Å²) in [6, 6.07) is 1.94. The van der Waals surface area contributed by atoms with Gasteiger partial charge in [-0.2, -0.15) is 0 Å². The minimum Gasteiger partial charge on any atom is -0.323 e. The van der Waals surface area contributed by atoms with Gasteiger partial charge in [-0.3, -0.25) is 4.98 Å². The van der Waals surface area contributed by atoms with Gasteiger partial charge in [0.05, 0.1) is 17.8 Å². The molecule has 0 radical (unpaired) electrons. The Bertz CT molecular complexity index is 713. The van der Waals surface area contributed by atoms with Crippen LogP contribution in [0.15, 0.2) is 23.8 Å². The molecule has 0 saturated heterocycles. The molecule has 0 amide bonds. The topological polar surface area (TPSA) is 69.6 Å². The summed E-state index contributed by atoms with van der Waals surface area (Å²) in [5.41, 5.74) is 8.73. The maximum atomic E-state index is 5.86. The molecule has 0 aliphatic rings. The average molecular weight is 273 g/mol. The molecule has 2 N–H and O–H groups in total. The van der Waals surface area contributed by atoms with E-state index in [1.165, 1.54) is 0 Å². The summed E-state index contributed by atoms with van der Waals surface area (Å²) in [5.74, 6) is 0.883. The van der Waals surface area contributed by atoms with E-state index in [9.17, 15) is 0 Å². The monoisotopic (exact) mass is 273 g/mol. The van der Waals surface area contributed by atoms with Crippen LogP contribution in [0.2, 0.25) is 0 Å². The van der Waals surface area contributed by atoms with Gasteiger partial charge in [0.2, 0.25) is 0 Å². The van der Waals surface area contributed by atoms with Crippen LogP contribution in [0.3, 0.4) is 0 Å². The number of thiazole rings is 1. The van der Waals surface area contributed by atoms with Gasteiger partial charge in [-0.1, -0.05) is 0 Å². The highest BCUT2D eigenvalue weighted by atomic mass is 32.1. The number of aromatic nitrogens is 4. The normalized spacial score (nSPS) is 13.0. The third-order valence-electron chi connectivity index (χ3n) is 3.01. The van der Waals surface area contributed by atoms with E-state index in [0.717, 1.165) is 34.1 Å². The fourth-order valence-corrected chi connectivity index (χ4v) is 2.85. The molecule has 19 heavy (non-hydrogen) atoms. The summed E-state index contributed by atoms with van der Waals surface area (Å²) < 4.78 is 2.15. The maximum Gasteiger partial charge on any atom is 0.160 e.